The summed E-state index contributed by atoms with van der Waals surface area (Å²) in [5, 5.41) is 20.8. The van der Waals surface area contributed by atoms with Crippen molar-refractivity contribution in [1.82, 2.24) is 9.62 Å². The molecule has 0 radical (unpaired) electrons. The van der Waals surface area contributed by atoms with Gasteiger partial charge in [-0.25, -0.2) is 8.42 Å². The average Bonchev–Trinajstić information content (AvgIpc) is 2.60. The molecule has 1 rings (SSSR count). The molecule has 1 aliphatic heterocycles. The summed E-state index contributed by atoms with van der Waals surface area (Å²) in [7, 11) is -2.26. The molecule has 0 saturated carbocycles. The maximum atomic E-state index is 11.7. The minimum Gasteiger partial charge on any atom is -0.481 e. The molecular weight excluding hydrogens is 236 g/mol. The largest absolute Gasteiger partial charge is 0.481 e. The van der Waals surface area contributed by atoms with E-state index in [0.29, 0.717) is 13.1 Å². The number of carboxylic acid groups (broad SMARTS) is 1. The Balaban J connectivity index is 2.64. The fourth-order valence-corrected chi connectivity index (χ4v) is 2.94. The van der Waals surface area contributed by atoms with Crippen LogP contribution in [0.3, 0.4) is 0 Å². The SMILES string of the molecule is CN([C@H]1CNC[C@@H]1O)S(=O)(=O)CCC(=O)O. The van der Waals surface area contributed by atoms with Crippen molar-refractivity contribution >= 4 is 16.0 Å². The Bertz CT molecular complexity index is 355. The number of rotatable bonds is 5. The number of aliphatic hydroxyl groups excluding tert-OH is 1. The standard InChI is InChI=1S/C8H16N2O5S/c1-10(6-4-9-5-7(6)11)16(14,15)3-2-8(12)13/h6-7,9,11H,2-5H2,1H3,(H,12,13)/t6-,7-/m0/s1. The molecule has 1 fully saturated rings. The molecule has 1 heterocycles. The second kappa shape index (κ2) is 5.09. The average molecular weight is 252 g/mol. The van der Waals surface area contributed by atoms with Gasteiger partial charge in [0.05, 0.1) is 24.3 Å². The summed E-state index contributed by atoms with van der Waals surface area (Å²) in [5.41, 5.74) is 0. The van der Waals surface area contributed by atoms with Crippen molar-refractivity contribution in [2.24, 2.45) is 0 Å². The first kappa shape index (κ1) is 13.4. The summed E-state index contributed by atoms with van der Waals surface area (Å²) in [5.74, 6) is -1.59. The molecule has 94 valence electrons. The predicted molar refractivity (Wildman–Crippen MR) is 56.5 cm³/mol. The zero-order chi connectivity index (χ0) is 12.3. The first-order valence-corrected chi connectivity index (χ1v) is 6.52. The van der Waals surface area contributed by atoms with Gasteiger partial charge in [-0.15, -0.1) is 0 Å². The zero-order valence-corrected chi connectivity index (χ0v) is 9.77. The number of aliphatic carboxylic acids is 1. The number of sulfonamides is 1. The quantitative estimate of drug-likeness (QED) is 0.525. The van der Waals surface area contributed by atoms with Gasteiger partial charge in [0.2, 0.25) is 10.0 Å². The first-order chi connectivity index (χ1) is 7.34. The topological polar surface area (TPSA) is 107 Å². The van der Waals surface area contributed by atoms with Gasteiger partial charge in [-0.3, -0.25) is 4.79 Å². The summed E-state index contributed by atoms with van der Waals surface area (Å²) in [6.45, 7) is 0.730. The third-order valence-corrected chi connectivity index (χ3v) is 4.50. The number of hydrogen-bond acceptors (Lipinski definition) is 5. The number of carbonyl (C=O) groups is 1. The molecule has 0 amide bonds. The molecule has 0 bridgehead atoms. The molecule has 0 spiro atoms. The van der Waals surface area contributed by atoms with Crippen molar-refractivity contribution in [3.63, 3.8) is 0 Å². The highest BCUT2D eigenvalue weighted by atomic mass is 32.2. The summed E-state index contributed by atoms with van der Waals surface area (Å²) >= 11 is 0. The van der Waals surface area contributed by atoms with Crippen molar-refractivity contribution in [3.8, 4) is 0 Å². The molecule has 1 saturated heterocycles. The molecule has 0 aromatic heterocycles. The first-order valence-electron chi connectivity index (χ1n) is 4.91. The Morgan fingerprint density at radius 2 is 2.12 bits per heavy atom. The lowest BCUT2D eigenvalue weighted by molar-refractivity contribution is -0.136. The molecule has 0 unspecified atom stereocenters. The third kappa shape index (κ3) is 3.14. The summed E-state index contributed by atoms with van der Waals surface area (Å²) in [6, 6.07) is -0.515. The van der Waals surface area contributed by atoms with Crippen LogP contribution in [0.2, 0.25) is 0 Å². The Hall–Kier alpha value is -0.700. The van der Waals surface area contributed by atoms with E-state index in [4.69, 9.17) is 5.11 Å². The van der Waals surface area contributed by atoms with Gasteiger partial charge in [0, 0.05) is 20.1 Å². The highest BCUT2D eigenvalue weighted by molar-refractivity contribution is 7.89. The van der Waals surface area contributed by atoms with E-state index in [-0.39, 0.29) is 0 Å². The van der Waals surface area contributed by atoms with E-state index in [1.807, 2.05) is 0 Å². The molecule has 0 aromatic rings. The predicted octanol–water partition coefficient (Wildman–Crippen LogP) is -1.94. The van der Waals surface area contributed by atoms with Crippen LogP contribution in [0.5, 0.6) is 0 Å². The lowest BCUT2D eigenvalue weighted by Gasteiger charge is -2.25. The zero-order valence-electron chi connectivity index (χ0n) is 8.96. The van der Waals surface area contributed by atoms with Crippen LogP contribution in [-0.2, 0) is 14.8 Å². The maximum Gasteiger partial charge on any atom is 0.304 e. The van der Waals surface area contributed by atoms with Crippen molar-refractivity contribution in [2.45, 2.75) is 18.6 Å². The second-order valence-electron chi connectivity index (χ2n) is 3.77. The van der Waals surface area contributed by atoms with Crippen molar-refractivity contribution in [3.05, 3.63) is 0 Å². The fraction of sp³-hybridized carbons (Fsp3) is 0.875. The van der Waals surface area contributed by atoms with E-state index in [1.165, 1.54) is 7.05 Å². The normalized spacial score (nSPS) is 26.2. The van der Waals surface area contributed by atoms with Crippen LogP contribution in [-0.4, -0.2) is 66.9 Å². The van der Waals surface area contributed by atoms with Gasteiger partial charge < -0.3 is 15.5 Å². The van der Waals surface area contributed by atoms with E-state index >= 15 is 0 Å². The van der Waals surface area contributed by atoms with Crippen LogP contribution in [0.15, 0.2) is 0 Å². The lowest BCUT2D eigenvalue weighted by Crippen LogP contribution is -2.45. The number of β-amino-alcohol motifs (C(OH)–C–C–N with tert-alkyl or cyclic N) is 1. The number of aliphatic hydroxyl groups is 1. The summed E-state index contributed by atoms with van der Waals surface area (Å²) in [6.07, 6.45) is -1.17. The van der Waals surface area contributed by atoms with E-state index < -0.39 is 40.3 Å². The van der Waals surface area contributed by atoms with Crippen molar-refractivity contribution in [1.29, 1.82) is 0 Å². The summed E-state index contributed by atoms with van der Waals surface area (Å²) < 4.78 is 24.4. The Kier molecular flexibility index (Phi) is 4.25. The fourth-order valence-electron chi connectivity index (χ4n) is 1.59. The molecule has 3 N–H and O–H groups in total. The molecule has 7 nitrogen and oxygen atoms in total. The number of nitrogens with zero attached hydrogens (tertiary/aromatic N) is 1. The van der Waals surface area contributed by atoms with Crippen LogP contribution in [0, 0.1) is 0 Å². The molecule has 0 aromatic carbocycles. The van der Waals surface area contributed by atoms with E-state index in [0.717, 1.165) is 4.31 Å². The molecule has 8 heteroatoms. The summed E-state index contributed by atoms with van der Waals surface area (Å²) in [4.78, 5) is 10.3. The monoisotopic (exact) mass is 252 g/mol. The van der Waals surface area contributed by atoms with Crippen molar-refractivity contribution < 1.29 is 23.4 Å². The van der Waals surface area contributed by atoms with Crippen molar-refractivity contribution in [2.75, 3.05) is 25.9 Å². The Labute approximate surface area is 94.1 Å². The van der Waals surface area contributed by atoms with Gasteiger partial charge in [0.15, 0.2) is 0 Å². The number of carboxylic acids is 1. The maximum absolute atomic E-state index is 11.7. The van der Waals surface area contributed by atoms with E-state index in [9.17, 15) is 18.3 Å². The lowest BCUT2D eigenvalue weighted by atomic mass is 10.2. The second-order valence-corrected chi connectivity index (χ2v) is 5.92. The van der Waals surface area contributed by atoms with Gasteiger partial charge in [0.1, 0.15) is 0 Å². The Morgan fingerprint density at radius 1 is 1.50 bits per heavy atom. The van der Waals surface area contributed by atoms with Gasteiger partial charge in [-0.2, -0.15) is 4.31 Å². The molecule has 2 atom stereocenters. The third-order valence-electron chi connectivity index (χ3n) is 2.63. The number of likely N-dealkylation sites (N-methyl/N-ethyl adjacent to an activating group) is 1. The minimum absolute atomic E-state index is 0.351. The molecule has 0 aliphatic carbocycles. The van der Waals surface area contributed by atoms with E-state index in [1.54, 1.807) is 0 Å². The van der Waals surface area contributed by atoms with Crippen LogP contribution < -0.4 is 5.32 Å². The number of nitrogens with one attached hydrogen (secondary N) is 1. The minimum atomic E-state index is -3.62. The van der Waals surface area contributed by atoms with Gasteiger partial charge in [-0.1, -0.05) is 0 Å². The van der Waals surface area contributed by atoms with Crippen LogP contribution in [0.25, 0.3) is 0 Å². The van der Waals surface area contributed by atoms with Gasteiger partial charge in [0.25, 0.3) is 0 Å². The molecule has 1 aliphatic rings. The number of hydrogen-bond donors (Lipinski definition) is 3. The van der Waals surface area contributed by atoms with Gasteiger partial charge >= 0.3 is 5.97 Å². The highest BCUT2D eigenvalue weighted by Crippen LogP contribution is 2.12. The Morgan fingerprint density at radius 3 is 2.56 bits per heavy atom. The van der Waals surface area contributed by atoms with Crippen LogP contribution >= 0.6 is 0 Å². The molecular formula is C8H16N2O5S. The van der Waals surface area contributed by atoms with Crippen LogP contribution in [0.1, 0.15) is 6.42 Å². The smallest absolute Gasteiger partial charge is 0.304 e. The van der Waals surface area contributed by atoms with Crippen LogP contribution in [0.4, 0.5) is 0 Å². The van der Waals surface area contributed by atoms with E-state index in [2.05, 4.69) is 5.32 Å². The van der Waals surface area contributed by atoms with Gasteiger partial charge in [-0.05, 0) is 0 Å². The highest BCUT2D eigenvalue weighted by Gasteiger charge is 2.34. The molecule has 16 heavy (non-hydrogen) atoms.